The van der Waals surface area contributed by atoms with Crippen molar-refractivity contribution in [3.8, 4) is 17.1 Å². The summed E-state index contributed by atoms with van der Waals surface area (Å²) >= 11 is 6.10. The highest BCUT2D eigenvalue weighted by molar-refractivity contribution is 6.32. The maximum atomic E-state index is 12.8. The summed E-state index contributed by atoms with van der Waals surface area (Å²) in [5.74, 6) is 1.24. The van der Waals surface area contributed by atoms with Crippen LogP contribution in [0.25, 0.3) is 11.3 Å². The molecule has 2 rings (SSSR count). The molecule has 0 aliphatic heterocycles. The van der Waals surface area contributed by atoms with Gasteiger partial charge in [0.15, 0.2) is 0 Å². The number of alkyl halides is 2. The van der Waals surface area contributed by atoms with E-state index >= 15 is 0 Å². The Morgan fingerprint density at radius 3 is 2.46 bits per heavy atom. The van der Waals surface area contributed by atoms with Crippen molar-refractivity contribution in [2.75, 3.05) is 6.61 Å². The molecule has 154 valence electrons. The van der Waals surface area contributed by atoms with E-state index in [1.807, 2.05) is 6.92 Å². The first-order valence-corrected chi connectivity index (χ1v) is 9.72. The van der Waals surface area contributed by atoms with Gasteiger partial charge in [-0.15, -0.1) is 0 Å². The molecule has 0 amide bonds. The van der Waals surface area contributed by atoms with Crippen LogP contribution < -0.4 is 4.74 Å². The Morgan fingerprint density at radius 2 is 1.96 bits per heavy atom. The Bertz CT molecular complexity index is 782. The highest BCUT2D eigenvalue weighted by atomic mass is 35.5. The van der Waals surface area contributed by atoms with Crippen molar-refractivity contribution in [2.45, 2.75) is 53.9 Å². The number of ether oxygens (including phenoxy) is 1. The van der Waals surface area contributed by atoms with E-state index in [9.17, 15) is 8.78 Å². The fraction of sp³-hybridized carbons (Fsp3) is 0.476. The van der Waals surface area contributed by atoms with Crippen LogP contribution in [0.5, 0.6) is 5.88 Å². The summed E-state index contributed by atoms with van der Waals surface area (Å²) < 4.78 is 31.0. The van der Waals surface area contributed by atoms with Gasteiger partial charge in [0.25, 0.3) is 6.43 Å². The number of pyridine rings is 2. The van der Waals surface area contributed by atoms with E-state index in [4.69, 9.17) is 21.7 Å². The van der Waals surface area contributed by atoms with Gasteiger partial charge in [0.2, 0.25) is 5.88 Å². The molecule has 0 saturated heterocycles. The predicted molar refractivity (Wildman–Crippen MR) is 111 cm³/mol. The first kappa shape index (κ1) is 24.0. The monoisotopic (exact) mass is 411 g/mol. The number of hydrogen-bond acceptors (Lipinski definition) is 4. The highest BCUT2D eigenvalue weighted by Crippen LogP contribution is 2.31. The highest BCUT2D eigenvalue weighted by Gasteiger charge is 2.21. The van der Waals surface area contributed by atoms with Gasteiger partial charge in [-0.05, 0) is 43.5 Å². The van der Waals surface area contributed by atoms with E-state index in [1.165, 1.54) is 12.8 Å². The van der Waals surface area contributed by atoms with E-state index in [1.54, 1.807) is 31.3 Å². The van der Waals surface area contributed by atoms with Crippen molar-refractivity contribution < 1.29 is 13.5 Å². The molecule has 2 heterocycles. The third-order valence-corrected chi connectivity index (χ3v) is 4.27. The predicted octanol–water partition coefficient (Wildman–Crippen LogP) is 6.58. The lowest BCUT2D eigenvalue weighted by molar-refractivity contribution is 0.225. The van der Waals surface area contributed by atoms with Gasteiger partial charge in [0.05, 0.1) is 23.6 Å². The van der Waals surface area contributed by atoms with Crippen molar-refractivity contribution in [2.24, 2.45) is 5.92 Å². The van der Waals surface area contributed by atoms with Crippen molar-refractivity contribution in [1.29, 1.82) is 5.41 Å². The van der Waals surface area contributed by atoms with E-state index in [2.05, 4.69) is 30.7 Å². The minimum Gasteiger partial charge on any atom is -0.477 e. The molecular formula is C21H28ClF2N3O. The van der Waals surface area contributed by atoms with E-state index in [-0.39, 0.29) is 10.7 Å². The number of rotatable bonds is 7. The van der Waals surface area contributed by atoms with E-state index in [0.29, 0.717) is 29.3 Å². The zero-order chi connectivity index (χ0) is 21.3. The van der Waals surface area contributed by atoms with Crippen molar-refractivity contribution in [3.05, 3.63) is 40.7 Å². The molecule has 7 heteroatoms. The Kier molecular flexibility index (Phi) is 10.0. The van der Waals surface area contributed by atoms with Crippen LogP contribution in [0.15, 0.2) is 24.4 Å². The molecule has 0 atom stereocenters. The number of halogens is 3. The molecule has 0 unspecified atom stereocenters. The molecule has 4 nitrogen and oxygen atoms in total. The molecule has 2 aromatic heterocycles. The standard InChI is InChI=1S/C15H14ClF2N3O.C6H14/c1-3-22-15-9(5-4-6-20-15)11-7-10(16)8(2)13(21-11)12(19)14(17)18;1-4-5-6(2)3/h4-7,14,19H,3H2,1-2H3;6H,4-5H2,1-3H3. The SMILES string of the molecule is CCCC(C)C.CCOc1ncccc1-c1cc(Cl)c(C)c(C(=N)C(F)F)n1. The Hall–Kier alpha value is -2.08. The van der Waals surface area contributed by atoms with Crippen molar-refractivity contribution >= 4 is 17.3 Å². The number of nitrogens with zero attached hydrogens (tertiary/aromatic N) is 2. The molecule has 0 saturated carbocycles. The molecule has 2 aromatic rings. The molecule has 0 bridgehead atoms. The average molecular weight is 412 g/mol. The Balaban J connectivity index is 0.000000568. The number of hydrogen-bond donors (Lipinski definition) is 1. The minimum absolute atomic E-state index is 0.121. The van der Waals surface area contributed by atoms with Gasteiger partial charge in [0, 0.05) is 11.2 Å². The summed E-state index contributed by atoms with van der Waals surface area (Å²) in [4.78, 5) is 8.26. The minimum atomic E-state index is -2.92. The average Bonchev–Trinajstić information content (AvgIpc) is 2.64. The third-order valence-electron chi connectivity index (χ3n) is 3.88. The van der Waals surface area contributed by atoms with Crippen LogP contribution in [0.1, 0.15) is 51.8 Å². The molecule has 0 spiro atoms. The molecule has 0 aromatic carbocycles. The van der Waals surface area contributed by atoms with Crippen LogP contribution in [0.3, 0.4) is 0 Å². The zero-order valence-corrected chi connectivity index (χ0v) is 17.8. The van der Waals surface area contributed by atoms with Gasteiger partial charge in [-0.3, -0.25) is 5.41 Å². The molecule has 0 fully saturated rings. The van der Waals surface area contributed by atoms with Gasteiger partial charge in [-0.1, -0.05) is 45.2 Å². The van der Waals surface area contributed by atoms with Crippen LogP contribution in [0, 0.1) is 18.3 Å². The first-order valence-electron chi connectivity index (χ1n) is 9.35. The second-order valence-electron chi connectivity index (χ2n) is 6.65. The first-order chi connectivity index (χ1) is 13.2. The van der Waals surface area contributed by atoms with Crippen LogP contribution >= 0.6 is 11.6 Å². The Labute approximate surface area is 170 Å². The number of nitrogens with one attached hydrogen (secondary N) is 1. The summed E-state index contributed by atoms with van der Waals surface area (Å²) in [5, 5.41) is 7.76. The summed E-state index contributed by atoms with van der Waals surface area (Å²) in [6.07, 6.45) is 1.35. The molecule has 0 radical (unpaired) electrons. The van der Waals surface area contributed by atoms with E-state index in [0.717, 1.165) is 5.92 Å². The fourth-order valence-corrected chi connectivity index (χ4v) is 2.69. The van der Waals surface area contributed by atoms with Crippen molar-refractivity contribution in [1.82, 2.24) is 9.97 Å². The van der Waals surface area contributed by atoms with Gasteiger partial charge in [0.1, 0.15) is 5.71 Å². The van der Waals surface area contributed by atoms with E-state index < -0.39 is 12.1 Å². The van der Waals surface area contributed by atoms with Gasteiger partial charge >= 0.3 is 0 Å². The lowest BCUT2D eigenvalue weighted by atomic mass is 10.1. The third kappa shape index (κ3) is 6.82. The summed E-state index contributed by atoms with van der Waals surface area (Å²) in [6, 6.07) is 4.95. The summed E-state index contributed by atoms with van der Waals surface area (Å²) in [7, 11) is 0. The summed E-state index contributed by atoms with van der Waals surface area (Å²) in [6.45, 7) is 10.5. The van der Waals surface area contributed by atoms with Crippen LogP contribution in [-0.2, 0) is 0 Å². The molecule has 1 N–H and O–H groups in total. The number of aromatic nitrogens is 2. The molecular weight excluding hydrogens is 384 g/mol. The van der Waals surface area contributed by atoms with Gasteiger partial charge in [-0.25, -0.2) is 18.7 Å². The maximum Gasteiger partial charge on any atom is 0.281 e. The smallest absolute Gasteiger partial charge is 0.281 e. The van der Waals surface area contributed by atoms with Crippen LogP contribution in [0.4, 0.5) is 8.78 Å². The lowest BCUT2D eigenvalue weighted by Gasteiger charge is -2.13. The normalized spacial score (nSPS) is 10.6. The molecule has 0 aliphatic rings. The largest absolute Gasteiger partial charge is 0.477 e. The molecule has 28 heavy (non-hydrogen) atoms. The Morgan fingerprint density at radius 1 is 1.29 bits per heavy atom. The van der Waals surface area contributed by atoms with Crippen LogP contribution in [-0.4, -0.2) is 28.7 Å². The lowest BCUT2D eigenvalue weighted by Crippen LogP contribution is -2.15. The van der Waals surface area contributed by atoms with Crippen LogP contribution in [0.2, 0.25) is 5.02 Å². The van der Waals surface area contributed by atoms with Crippen molar-refractivity contribution in [3.63, 3.8) is 0 Å². The topological polar surface area (TPSA) is 58.9 Å². The second kappa shape index (κ2) is 11.7. The summed E-state index contributed by atoms with van der Waals surface area (Å²) in [5.41, 5.74) is 0.242. The fourth-order valence-electron chi connectivity index (χ4n) is 2.50. The maximum absolute atomic E-state index is 12.8. The second-order valence-corrected chi connectivity index (χ2v) is 7.06. The quantitative estimate of drug-likeness (QED) is 0.523. The van der Waals surface area contributed by atoms with Gasteiger partial charge in [-0.2, -0.15) is 0 Å². The molecule has 0 aliphatic carbocycles. The zero-order valence-electron chi connectivity index (χ0n) is 17.0. The van der Waals surface area contributed by atoms with Gasteiger partial charge < -0.3 is 4.74 Å².